The monoisotopic (exact) mass is 323 g/mol. The van der Waals surface area contributed by atoms with E-state index in [0.717, 1.165) is 25.7 Å². The van der Waals surface area contributed by atoms with E-state index < -0.39 is 0 Å². The van der Waals surface area contributed by atoms with E-state index in [9.17, 15) is 0 Å². The van der Waals surface area contributed by atoms with Gasteiger partial charge in [0.15, 0.2) is 5.96 Å². The normalized spacial score (nSPS) is 27.7. The highest BCUT2D eigenvalue weighted by Gasteiger charge is 2.35. The Bertz CT molecular complexity index is 369. The van der Waals surface area contributed by atoms with Gasteiger partial charge in [-0.3, -0.25) is 4.99 Å². The first-order valence-corrected chi connectivity index (χ1v) is 9.67. The molecule has 0 aromatic rings. The molecule has 0 aromatic heterocycles. The second-order valence-electron chi connectivity index (χ2n) is 8.26. The van der Waals surface area contributed by atoms with Gasteiger partial charge in [0.25, 0.3) is 0 Å². The van der Waals surface area contributed by atoms with Gasteiger partial charge < -0.3 is 15.4 Å². The first kappa shape index (κ1) is 18.6. The lowest BCUT2D eigenvalue weighted by Gasteiger charge is -2.39. The van der Waals surface area contributed by atoms with Crippen LogP contribution < -0.4 is 10.6 Å². The van der Waals surface area contributed by atoms with E-state index in [1.54, 1.807) is 0 Å². The standard InChI is InChI=1S/C19H37N3O/c1-5-20-18(22-16-11-7-6-8-12-16)21-14-15-10-9-13-23-17(15)19(2,3)4/h15-17H,5-14H2,1-4H3,(H2,20,21,22). The minimum atomic E-state index is 0.190. The Balaban J connectivity index is 1.94. The Morgan fingerprint density at radius 3 is 2.48 bits per heavy atom. The van der Waals surface area contributed by atoms with E-state index in [1.165, 1.54) is 44.9 Å². The molecular weight excluding hydrogens is 286 g/mol. The molecule has 1 heterocycles. The smallest absolute Gasteiger partial charge is 0.191 e. The molecule has 4 heteroatoms. The molecule has 2 rings (SSSR count). The average Bonchev–Trinajstić information content (AvgIpc) is 2.53. The van der Waals surface area contributed by atoms with Crippen molar-refractivity contribution < 1.29 is 4.74 Å². The van der Waals surface area contributed by atoms with E-state index in [-0.39, 0.29) is 5.41 Å². The molecule has 0 aromatic carbocycles. The van der Waals surface area contributed by atoms with Gasteiger partial charge in [-0.2, -0.15) is 0 Å². The number of guanidine groups is 1. The molecule has 4 nitrogen and oxygen atoms in total. The van der Waals surface area contributed by atoms with Gasteiger partial charge in [-0.15, -0.1) is 0 Å². The van der Waals surface area contributed by atoms with Gasteiger partial charge in [-0.1, -0.05) is 40.0 Å². The number of nitrogens with zero attached hydrogens (tertiary/aromatic N) is 1. The van der Waals surface area contributed by atoms with Crippen molar-refractivity contribution in [3.63, 3.8) is 0 Å². The maximum absolute atomic E-state index is 6.09. The zero-order valence-corrected chi connectivity index (χ0v) is 15.7. The van der Waals surface area contributed by atoms with Crippen molar-refractivity contribution in [3.05, 3.63) is 0 Å². The second kappa shape index (κ2) is 8.91. The molecule has 2 aliphatic rings. The molecule has 2 fully saturated rings. The Hall–Kier alpha value is -0.770. The number of ether oxygens (including phenoxy) is 1. The SMILES string of the molecule is CCNC(=NCC1CCCOC1C(C)(C)C)NC1CCCCC1. The molecule has 2 atom stereocenters. The summed E-state index contributed by atoms with van der Waals surface area (Å²) < 4.78 is 6.09. The predicted octanol–water partition coefficient (Wildman–Crippen LogP) is 3.72. The molecule has 2 unspecified atom stereocenters. The van der Waals surface area contributed by atoms with Crippen LogP contribution in [0.4, 0.5) is 0 Å². The lowest BCUT2D eigenvalue weighted by Crippen LogP contribution is -2.45. The highest BCUT2D eigenvalue weighted by Crippen LogP contribution is 2.34. The van der Waals surface area contributed by atoms with Crippen LogP contribution in [0.2, 0.25) is 0 Å². The summed E-state index contributed by atoms with van der Waals surface area (Å²) in [6.45, 7) is 11.7. The first-order chi connectivity index (χ1) is 11.0. The van der Waals surface area contributed by atoms with Crippen LogP contribution in [-0.4, -0.2) is 37.8 Å². The van der Waals surface area contributed by atoms with Crippen LogP contribution in [-0.2, 0) is 4.74 Å². The molecule has 1 saturated heterocycles. The van der Waals surface area contributed by atoms with E-state index >= 15 is 0 Å². The third-order valence-corrected chi connectivity index (χ3v) is 5.07. The van der Waals surface area contributed by atoms with Gasteiger partial charge >= 0.3 is 0 Å². The fraction of sp³-hybridized carbons (Fsp3) is 0.947. The van der Waals surface area contributed by atoms with Crippen molar-refractivity contribution >= 4 is 5.96 Å². The quantitative estimate of drug-likeness (QED) is 0.612. The van der Waals surface area contributed by atoms with Crippen LogP contribution >= 0.6 is 0 Å². The Morgan fingerprint density at radius 2 is 1.83 bits per heavy atom. The summed E-state index contributed by atoms with van der Waals surface area (Å²) >= 11 is 0. The van der Waals surface area contributed by atoms with Crippen LogP contribution in [0.1, 0.15) is 72.6 Å². The molecule has 134 valence electrons. The molecule has 0 amide bonds. The first-order valence-electron chi connectivity index (χ1n) is 9.67. The van der Waals surface area contributed by atoms with E-state index in [0.29, 0.717) is 18.1 Å². The lowest BCUT2D eigenvalue weighted by molar-refractivity contribution is -0.0823. The molecule has 1 saturated carbocycles. The highest BCUT2D eigenvalue weighted by atomic mass is 16.5. The molecule has 1 aliphatic carbocycles. The minimum Gasteiger partial charge on any atom is -0.377 e. The summed E-state index contributed by atoms with van der Waals surface area (Å²) in [4.78, 5) is 4.91. The van der Waals surface area contributed by atoms with Gasteiger partial charge in [0.1, 0.15) is 0 Å². The van der Waals surface area contributed by atoms with Crippen molar-refractivity contribution in [1.29, 1.82) is 0 Å². The Morgan fingerprint density at radius 1 is 1.09 bits per heavy atom. The maximum Gasteiger partial charge on any atom is 0.191 e. The fourth-order valence-corrected chi connectivity index (χ4v) is 3.96. The molecular formula is C19H37N3O. The summed E-state index contributed by atoms with van der Waals surface area (Å²) in [6, 6.07) is 0.600. The predicted molar refractivity (Wildman–Crippen MR) is 97.9 cm³/mol. The van der Waals surface area contributed by atoms with Crippen molar-refractivity contribution in [2.45, 2.75) is 84.8 Å². The van der Waals surface area contributed by atoms with Gasteiger partial charge in [0.2, 0.25) is 0 Å². The van der Waals surface area contributed by atoms with Crippen molar-refractivity contribution in [1.82, 2.24) is 10.6 Å². The van der Waals surface area contributed by atoms with Crippen LogP contribution in [0.15, 0.2) is 4.99 Å². The third-order valence-electron chi connectivity index (χ3n) is 5.07. The fourth-order valence-electron chi connectivity index (χ4n) is 3.96. The zero-order valence-electron chi connectivity index (χ0n) is 15.7. The average molecular weight is 324 g/mol. The molecule has 23 heavy (non-hydrogen) atoms. The van der Waals surface area contributed by atoms with Crippen LogP contribution in [0, 0.1) is 11.3 Å². The number of aliphatic imine (C=N–C) groups is 1. The van der Waals surface area contributed by atoms with Gasteiger partial charge in [-0.05, 0) is 38.0 Å². The summed E-state index contributed by atoms with van der Waals surface area (Å²) in [5.74, 6) is 1.53. The molecule has 2 N–H and O–H groups in total. The highest BCUT2D eigenvalue weighted by molar-refractivity contribution is 5.80. The largest absolute Gasteiger partial charge is 0.377 e. The van der Waals surface area contributed by atoms with Crippen molar-refractivity contribution in [2.24, 2.45) is 16.3 Å². The summed E-state index contributed by atoms with van der Waals surface area (Å²) in [7, 11) is 0. The molecule has 1 aliphatic heterocycles. The van der Waals surface area contributed by atoms with E-state index in [2.05, 4.69) is 38.3 Å². The number of nitrogens with one attached hydrogen (secondary N) is 2. The second-order valence-corrected chi connectivity index (χ2v) is 8.26. The zero-order chi connectivity index (χ0) is 16.7. The van der Waals surface area contributed by atoms with Crippen LogP contribution in [0.3, 0.4) is 0 Å². The molecule has 0 radical (unpaired) electrons. The minimum absolute atomic E-state index is 0.190. The summed E-state index contributed by atoms with van der Waals surface area (Å²) in [5.41, 5.74) is 0.190. The lowest BCUT2D eigenvalue weighted by atomic mass is 9.78. The van der Waals surface area contributed by atoms with E-state index in [4.69, 9.17) is 9.73 Å². The van der Waals surface area contributed by atoms with Gasteiger partial charge in [0.05, 0.1) is 6.10 Å². The Labute approximate surface area is 142 Å². The summed E-state index contributed by atoms with van der Waals surface area (Å²) in [5, 5.41) is 7.07. The maximum atomic E-state index is 6.09. The molecule has 0 spiro atoms. The number of hydrogen-bond acceptors (Lipinski definition) is 2. The molecule has 0 bridgehead atoms. The Kier molecular flexibility index (Phi) is 7.19. The van der Waals surface area contributed by atoms with Crippen LogP contribution in [0.25, 0.3) is 0 Å². The van der Waals surface area contributed by atoms with Gasteiger partial charge in [-0.25, -0.2) is 0 Å². The number of hydrogen-bond donors (Lipinski definition) is 2. The third kappa shape index (κ3) is 5.98. The number of rotatable bonds is 4. The van der Waals surface area contributed by atoms with Gasteiger partial charge in [0, 0.05) is 31.7 Å². The van der Waals surface area contributed by atoms with Crippen molar-refractivity contribution in [3.8, 4) is 0 Å². The summed E-state index contributed by atoms with van der Waals surface area (Å²) in [6.07, 6.45) is 9.35. The topological polar surface area (TPSA) is 45.7 Å². The van der Waals surface area contributed by atoms with Crippen molar-refractivity contribution in [2.75, 3.05) is 19.7 Å². The van der Waals surface area contributed by atoms with Crippen LogP contribution in [0.5, 0.6) is 0 Å². The van der Waals surface area contributed by atoms with E-state index in [1.807, 2.05) is 0 Å².